The van der Waals surface area contributed by atoms with Crippen molar-refractivity contribution >= 4 is 23.5 Å². The van der Waals surface area contributed by atoms with E-state index in [1.807, 2.05) is 43.3 Å². The first kappa shape index (κ1) is 19.2. The Bertz CT molecular complexity index is 824. The number of rotatable bonds is 6. The van der Waals surface area contributed by atoms with Crippen LogP contribution in [0.3, 0.4) is 0 Å². The summed E-state index contributed by atoms with van der Waals surface area (Å²) >= 11 is 6.19. The monoisotopic (exact) mass is 387 g/mol. The number of hydrogen-bond acceptors (Lipinski definition) is 3. The first-order valence-electron chi connectivity index (χ1n) is 8.97. The Kier molecular flexibility index (Phi) is 6.01. The third-order valence-electron chi connectivity index (χ3n) is 4.90. The van der Waals surface area contributed by atoms with E-state index < -0.39 is 11.9 Å². The minimum atomic E-state index is -0.878. The van der Waals surface area contributed by atoms with E-state index in [1.54, 1.807) is 17.0 Å². The molecule has 1 heterocycles. The maximum Gasteiger partial charge on any atom is 0.308 e. The van der Waals surface area contributed by atoms with E-state index in [9.17, 15) is 14.7 Å². The van der Waals surface area contributed by atoms with E-state index in [0.29, 0.717) is 29.5 Å². The lowest BCUT2D eigenvalue weighted by Crippen LogP contribution is -2.31. The van der Waals surface area contributed by atoms with Gasteiger partial charge in [-0.05, 0) is 18.6 Å². The number of aliphatic carboxylic acids is 1. The zero-order chi connectivity index (χ0) is 19.4. The number of ether oxygens (including phenoxy) is 1. The average Bonchev–Trinajstić information content (AvgIpc) is 3.11. The molecule has 5 nitrogen and oxygen atoms in total. The van der Waals surface area contributed by atoms with Crippen molar-refractivity contribution < 1.29 is 19.4 Å². The zero-order valence-corrected chi connectivity index (χ0v) is 15.9. The molecule has 0 bridgehead atoms. The van der Waals surface area contributed by atoms with Crippen molar-refractivity contribution in [3.05, 3.63) is 64.7 Å². The Morgan fingerprint density at radius 2 is 1.89 bits per heavy atom. The number of carbonyl (C=O) groups excluding carboxylic acids is 1. The first-order chi connectivity index (χ1) is 13.0. The van der Waals surface area contributed by atoms with Gasteiger partial charge in [0.05, 0.1) is 24.0 Å². The third kappa shape index (κ3) is 4.25. The van der Waals surface area contributed by atoms with Crippen LogP contribution in [0, 0.1) is 5.92 Å². The molecule has 0 radical (unpaired) electrons. The number of carboxylic acid groups (broad SMARTS) is 1. The van der Waals surface area contributed by atoms with Crippen LogP contribution in [0.2, 0.25) is 5.02 Å². The first-order valence-corrected chi connectivity index (χ1v) is 9.34. The molecular formula is C21H22ClNO4. The van der Waals surface area contributed by atoms with E-state index in [4.69, 9.17) is 16.3 Å². The van der Waals surface area contributed by atoms with Crippen LogP contribution in [0.1, 0.15) is 24.0 Å². The molecule has 1 fully saturated rings. The SMILES string of the molecule is CCOc1c(Cl)cccc1CC(=O)N1CC(C(=O)O)C(c2ccccc2)C1. The van der Waals surface area contributed by atoms with E-state index in [2.05, 4.69) is 0 Å². The molecular weight excluding hydrogens is 366 g/mol. The van der Waals surface area contributed by atoms with Crippen LogP contribution in [-0.2, 0) is 16.0 Å². The largest absolute Gasteiger partial charge is 0.492 e. The average molecular weight is 388 g/mol. The van der Waals surface area contributed by atoms with Gasteiger partial charge in [0.1, 0.15) is 5.75 Å². The molecule has 0 aliphatic carbocycles. The van der Waals surface area contributed by atoms with Gasteiger partial charge in [0, 0.05) is 24.6 Å². The molecule has 0 spiro atoms. The third-order valence-corrected chi connectivity index (χ3v) is 5.19. The van der Waals surface area contributed by atoms with Gasteiger partial charge in [0.15, 0.2) is 0 Å². The summed E-state index contributed by atoms with van der Waals surface area (Å²) in [6.07, 6.45) is 0.129. The number of carboxylic acids is 1. The van der Waals surface area contributed by atoms with Crippen molar-refractivity contribution in [1.82, 2.24) is 4.90 Å². The normalized spacial score (nSPS) is 19.1. The smallest absolute Gasteiger partial charge is 0.308 e. The number of carbonyl (C=O) groups is 2. The highest BCUT2D eigenvalue weighted by Crippen LogP contribution is 2.34. The molecule has 6 heteroatoms. The zero-order valence-electron chi connectivity index (χ0n) is 15.1. The number of halogens is 1. The van der Waals surface area contributed by atoms with Crippen LogP contribution >= 0.6 is 11.6 Å². The van der Waals surface area contributed by atoms with Crippen molar-refractivity contribution in [2.45, 2.75) is 19.3 Å². The predicted octanol–water partition coefficient (Wildman–Crippen LogP) is 3.61. The van der Waals surface area contributed by atoms with Crippen LogP contribution in [0.5, 0.6) is 5.75 Å². The van der Waals surface area contributed by atoms with Gasteiger partial charge in [-0.15, -0.1) is 0 Å². The summed E-state index contributed by atoms with van der Waals surface area (Å²) in [4.78, 5) is 26.2. The van der Waals surface area contributed by atoms with E-state index in [-0.39, 0.29) is 24.8 Å². The summed E-state index contributed by atoms with van der Waals surface area (Å²) in [7, 11) is 0. The summed E-state index contributed by atoms with van der Waals surface area (Å²) in [6, 6.07) is 14.8. The molecule has 2 aromatic carbocycles. The Labute approximate surface area is 163 Å². The van der Waals surface area contributed by atoms with Crippen LogP contribution in [0.4, 0.5) is 0 Å². The van der Waals surface area contributed by atoms with E-state index in [0.717, 1.165) is 5.56 Å². The molecule has 1 N–H and O–H groups in total. The number of para-hydroxylation sites is 1. The Morgan fingerprint density at radius 3 is 2.56 bits per heavy atom. The van der Waals surface area contributed by atoms with Crippen molar-refractivity contribution in [2.24, 2.45) is 5.92 Å². The topological polar surface area (TPSA) is 66.8 Å². The molecule has 142 valence electrons. The quantitative estimate of drug-likeness (QED) is 0.822. The number of nitrogens with zero attached hydrogens (tertiary/aromatic N) is 1. The lowest BCUT2D eigenvalue weighted by Gasteiger charge is -2.18. The maximum atomic E-state index is 12.9. The fourth-order valence-electron chi connectivity index (χ4n) is 3.57. The van der Waals surface area contributed by atoms with Gasteiger partial charge in [0.2, 0.25) is 5.91 Å². The van der Waals surface area contributed by atoms with E-state index >= 15 is 0 Å². The molecule has 1 amide bonds. The number of likely N-dealkylation sites (tertiary alicyclic amines) is 1. The second-order valence-electron chi connectivity index (χ2n) is 6.60. The lowest BCUT2D eigenvalue weighted by atomic mass is 9.89. The molecule has 1 aliphatic rings. The second kappa shape index (κ2) is 8.44. The molecule has 2 unspecified atom stereocenters. The Morgan fingerprint density at radius 1 is 1.15 bits per heavy atom. The fourth-order valence-corrected chi connectivity index (χ4v) is 3.82. The van der Waals surface area contributed by atoms with Crippen molar-refractivity contribution in [3.63, 3.8) is 0 Å². The number of hydrogen-bond donors (Lipinski definition) is 1. The van der Waals surface area contributed by atoms with Gasteiger partial charge in [-0.3, -0.25) is 9.59 Å². The van der Waals surface area contributed by atoms with Crippen LogP contribution in [0.25, 0.3) is 0 Å². The van der Waals surface area contributed by atoms with Crippen molar-refractivity contribution in [2.75, 3.05) is 19.7 Å². The van der Waals surface area contributed by atoms with Gasteiger partial charge in [0.25, 0.3) is 0 Å². The molecule has 1 aliphatic heterocycles. The molecule has 3 rings (SSSR count). The number of benzene rings is 2. The van der Waals surface area contributed by atoms with Crippen LogP contribution in [-0.4, -0.2) is 41.6 Å². The van der Waals surface area contributed by atoms with Crippen molar-refractivity contribution in [3.8, 4) is 5.75 Å². The molecule has 0 aromatic heterocycles. The van der Waals surface area contributed by atoms with Crippen LogP contribution < -0.4 is 4.74 Å². The van der Waals surface area contributed by atoms with Gasteiger partial charge in [-0.2, -0.15) is 0 Å². The summed E-state index contributed by atoms with van der Waals surface area (Å²) < 4.78 is 5.58. The standard InChI is InChI=1S/C21H22ClNO4/c1-2-27-20-15(9-6-10-18(20)22)11-19(24)23-12-16(17(13-23)21(25)26)14-7-4-3-5-8-14/h3-10,16-17H,2,11-13H2,1H3,(H,25,26). The van der Waals surface area contributed by atoms with Gasteiger partial charge >= 0.3 is 5.97 Å². The highest BCUT2D eigenvalue weighted by atomic mass is 35.5. The minimum absolute atomic E-state index is 0.122. The summed E-state index contributed by atoms with van der Waals surface area (Å²) in [6.45, 7) is 2.91. The van der Waals surface area contributed by atoms with Gasteiger partial charge in [-0.25, -0.2) is 0 Å². The lowest BCUT2D eigenvalue weighted by molar-refractivity contribution is -0.141. The van der Waals surface area contributed by atoms with Gasteiger partial charge < -0.3 is 14.7 Å². The Balaban J connectivity index is 1.78. The Hall–Kier alpha value is -2.53. The van der Waals surface area contributed by atoms with Crippen molar-refractivity contribution in [1.29, 1.82) is 0 Å². The highest BCUT2D eigenvalue weighted by molar-refractivity contribution is 6.32. The highest BCUT2D eigenvalue weighted by Gasteiger charge is 2.40. The summed E-state index contributed by atoms with van der Waals surface area (Å²) in [5.74, 6) is -1.30. The maximum absolute atomic E-state index is 12.9. The minimum Gasteiger partial charge on any atom is -0.492 e. The fraction of sp³-hybridized carbons (Fsp3) is 0.333. The molecule has 27 heavy (non-hydrogen) atoms. The molecule has 2 atom stereocenters. The second-order valence-corrected chi connectivity index (χ2v) is 7.01. The molecule has 0 saturated carbocycles. The summed E-state index contributed by atoms with van der Waals surface area (Å²) in [5.41, 5.74) is 1.65. The molecule has 2 aromatic rings. The summed E-state index contributed by atoms with van der Waals surface area (Å²) in [5, 5.41) is 10.1. The predicted molar refractivity (Wildman–Crippen MR) is 103 cm³/mol. The molecule has 1 saturated heterocycles. The van der Waals surface area contributed by atoms with Gasteiger partial charge in [-0.1, -0.05) is 54.1 Å². The van der Waals surface area contributed by atoms with Crippen LogP contribution in [0.15, 0.2) is 48.5 Å². The van der Waals surface area contributed by atoms with E-state index in [1.165, 1.54) is 0 Å². The number of amides is 1.